The molecule has 0 radical (unpaired) electrons. The van der Waals surface area contributed by atoms with Crippen molar-refractivity contribution >= 4 is 35.9 Å². The highest BCUT2D eigenvalue weighted by molar-refractivity contribution is 6.61. The van der Waals surface area contributed by atoms with Crippen LogP contribution < -0.4 is 10.8 Å². The molecule has 106 valence electrons. The first-order chi connectivity index (χ1) is 10.1. The zero-order chi connectivity index (χ0) is 15.0. The number of nitrogens with zero attached hydrogens (tertiary/aromatic N) is 1. The maximum Gasteiger partial charge on any atom is 0.491 e. The highest BCUT2D eigenvalue weighted by atomic mass is 35.5. The molecule has 1 aliphatic heterocycles. The van der Waals surface area contributed by atoms with Crippen molar-refractivity contribution in [3.8, 4) is 0 Å². The van der Waals surface area contributed by atoms with Crippen LogP contribution in [0.25, 0.3) is 0 Å². The number of hydrogen-bond donors (Lipinski definition) is 2. The van der Waals surface area contributed by atoms with Gasteiger partial charge in [-0.05, 0) is 41.7 Å². The highest BCUT2D eigenvalue weighted by Crippen LogP contribution is 2.22. The van der Waals surface area contributed by atoms with Crippen LogP contribution in [0.5, 0.6) is 0 Å². The van der Waals surface area contributed by atoms with E-state index in [2.05, 4.69) is 10.3 Å². The Morgan fingerprint density at radius 2 is 2.33 bits per heavy atom. The molecular weight excluding hydrogens is 290 g/mol. The van der Waals surface area contributed by atoms with Crippen LogP contribution in [0.1, 0.15) is 21.5 Å². The molecule has 0 saturated carbocycles. The lowest BCUT2D eigenvalue weighted by Crippen LogP contribution is -2.29. The van der Waals surface area contributed by atoms with Crippen LogP contribution >= 0.6 is 11.6 Å². The Labute approximate surface area is 127 Å². The number of anilines is 1. The second-order valence-corrected chi connectivity index (χ2v) is 5.22. The summed E-state index contributed by atoms with van der Waals surface area (Å²) < 4.78 is 5.10. The van der Waals surface area contributed by atoms with Gasteiger partial charge in [0.05, 0.1) is 17.2 Å². The van der Waals surface area contributed by atoms with Gasteiger partial charge < -0.3 is 15.0 Å². The molecule has 1 amide bonds. The Kier molecular flexibility index (Phi) is 3.67. The summed E-state index contributed by atoms with van der Waals surface area (Å²) in [4.78, 5) is 16.4. The molecule has 2 heterocycles. The van der Waals surface area contributed by atoms with Gasteiger partial charge >= 0.3 is 7.12 Å². The minimum atomic E-state index is -1.01. The van der Waals surface area contributed by atoms with E-state index < -0.39 is 7.12 Å². The van der Waals surface area contributed by atoms with Crippen molar-refractivity contribution in [1.29, 1.82) is 0 Å². The summed E-state index contributed by atoms with van der Waals surface area (Å²) >= 11 is 6.14. The van der Waals surface area contributed by atoms with Crippen molar-refractivity contribution in [2.45, 2.75) is 13.5 Å². The largest absolute Gasteiger partial charge is 0.491 e. The maximum absolute atomic E-state index is 12.3. The molecule has 0 fully saturated rings. The average Bonchev–Trinajstić information content (AvgIpc) is 2.81. The maximum atomic E-state index is 12.3. The van der Waals surface area contributed by atoms with Crippen molar-refractivity contribution in [3.05, 3.63) is 52.2 Å². The molecule has 0 unspecified atom stereocenters. The van der Waals surface area contributed by atoms with Gasteiger partial charge in [-0.3, -0.25) is 4.79 Å². The number of hydrogen-bond acceptors (Lipinski definition) is 4. The van der Waals surface area contributed by atoms with Crippen molar-refractivity contribution in [3.63, 3.8) is 0 Å². The lowest BCUT2D eigenvalue weighted by molar-refractivity contribution is 0.102. The summed E-state index contributed by atoms with van der Waals surface area (Å²) in [7, 11) is -1.01. The van der Waals surface area contributed by atoms with Crippen molar-refractivity contribution in [2.24, 2.45) is 0 Å². The van der Waals surface area contributed by atoms with E-state index in [4.69, 9.17) is 16.3 Å². The van der Waals surface area contributed by atoms with Crippen LogP contribution in [-0.4, -0.2) is 23.0 Å². The van der Waals surface area contributed by atoms with E-state index in [1.54, 1.807) is 24.4 Å². The van der Waals surface area contributed by atoms with Crippen molar-refractivity contribution < 1.29 is 14.5 Å². The van der Waals surface area contributed by atoms with E-state index in [0.717, 1.165) is 11.1 Å². The second kappa shape index (κ2) is 5.48. The zero-order valence-corrected chi connectivity index (χ0v) is 12.0. The minimum Gasteiger partial charge on any atom is -0.423 e. The molecule has 0 spiro atoms. The van der Waals surface area contributed by atoms with Crippen LogP contribution in [0.2, 0.25) is 5.02 Å². The SMILES string of the molecule is Cc1cccnc1NC(=O)c1cc2c(cc1Cl)COB2O. The third-order valence-electron chi connectivity index (χ3n) is 3.38. The van der Waals surface area contributed by atoms with Crippen LogP contribution in [0.4, 0.5) is 5.82 Å². The Morgan fingerprint density at radius 3 is 3.10 bits per heavy atom. The van der Waals surface area contributed by atoms with Gasteiger partial charge in [0.15, 0.2) is 0 Å². The molecule has 1 aliphatic rings. The first-order valence-corrected chi connectivity index (χ1v) is 6.79. The number of benzene rings is 1. The predicted octanol–water partition coefficient (Wildman–Crippen LogP) is 1.51. The van der Waals surface area contributed by atoms with Gasteiger partial charge in [0.25, 0.3) is 5.91 Å². The van der Waals surface area contributed by atoms with E-state index in [9.17, 15) is 9.82 Å². The molecule has 0 aliphatic carbocycles. The molecular formula is C14H12BClN2O3. The number of carbonyl (C=O) groups excluding carboxylic acids is 1. The Balaban J connectivity index is 1.92. The Morgan fingerprint density at radius 1 is 1.52 bits per heavy atom. The summed E-state index contributed by atoms with van der Waals surface area (Å²) in [5.74, 6) is 0.111. The smallest absolute Gasteiger partial charge is 0.423 e. The van der Waals surface area contributed by atoms with Gasteiger partial charge in [-0.15, -0.1) is 0 Å². The summed E-state index contributed by atoms with van der Waals surface area (Å²) in [6.45, 7) is 2.14. The van der Waals surface area contributed by atoms with Gasteiger partial charge in [-0.25, -0.2) is 4.98 Å². The lowest BCUT2D eigenvalue weighted by atomic mass is 9.78. The number of pyridine rings is 1. The molecule has 3 rings (SSSR count). The molecule has 0 bridgehead atoms. The molecule has 7 heteroatoms. The molecule has 0 atom stereocenters. The highest BCUT2D eigenvalue weighted by Gasteiger charge is 2.29. The zero-order valence-electron chi connectivity index (χ0n) is 11.3. The molecule has 1 aromatic heterocycles. The number of rotatable bonds is 2. The van der Waals surface area contributed by atoms with Gasteiger partial charge in [0, 0.05) is 6.20 Å². The van der Waals surface area contributed by atoms with Gasteiger partial charge in [-0.1, -0.05) is 17.7 Å². The van der Waals surface area contributed by atoms with E-state index in [0.29, 0.717) is 16.3 Å². The molecule has 2 N–H and O–H groups in total. The predicted molar refractivity (Wildman–Crippen MR) is 80.8 cm³/mol. The Bertz CT molecular complexity index is 723. The second-order valence-electron chi connectivity index (χ2n) is 4.82. The lowest BCUT2D eigenvalue weighted by Gasteiger charge is -2.10. The number of halogens is 1. The first kappa shape index (κ1) is 14.1. The van der Waals surface area contributed by atoms with Crippen LogP contribution in [-0.2, 0) is 11.3 Å². The van der Waals surface area contributed by atoms with Gasteiger partial charge in [0.1, 0.15) is 5.82 Å². The summed E-state index contributed by atoms with van der Waals surface area (Å²) in [5.41, 5.74) is 2.50. The fourth-order valence-electron chi connectivity index (χ4n) is 2.21. The number of fused-ring (bicyclic) bond motifs is 1. The van der Waals surface area contributed by atoms with Crippen LogP contribution in [0, 0.1) is 6.92 Å². The monoisotopic (exact) mass is 302 g/mol. The molecule has 21 heavy (non-hydrogen) atoms. The summed E-state index contributed by atoms with van der Waals surface area (Å²) in [6.07, 6.45) is 1.60. The topological polar surface area (TPSA) is 71.5 Å². The van der Waals surface area contributed by atoms with Crippen molar-refractivity contribution in [1.82, 2.24) is 4.98 Å². The third-order valence-corrected chi connectivity index (χ3v) is 3.69. The number of aromatic nitrogens is 1. The minimum absolute atomic E-state index is 0.282. The summed E-state index contributed by atoms with van der Waals surface area (Å²) in [5, 5.41) is 12.7. The molecule has 1 aromatic carbocycles. The van der Waals surface area contributed by atoms with E-state index >= 15 is 0 Å². The Hall–Kier alpha value is -1.89. The molecule has 5 nitrogen and oxygen atoms in total. The third kappa shape index (κ3) is 2.65. The average molecular weight is 303 g/mol. The molecule has 0 saturated heterocycles. The fourth-order valence-corrected chi connectivity index (χ4v) is 2.48. The number of carbonyl (C=O) groups is 1. The normalized spacial score (nSPS) is 13.2. The summed E-state index contributed by atoms with van der Waals surface area (Å²) in [6, 6.07) is 6.85. The quantitative estimate of drug-likeness (QED) is 0.825. The van der Waals surface area contributed by atoms with Gasteiger partial charge in [-0.2, -0.15) is 0 Å². The number of nitrogens with one attached hydrogen (secondary N) is 1. The number of aryl methyl sites for hydroxylation is 1. The number of amides is 1. The fraction of sp³-hybridized carbons (Fsp3) is 0.143. The van der Waals surface area contributed by atoms with E-state index in [-0.39, 0.29) is 18.1 Å². The first-order valence-electron chi connectivity index (χ1n) is 6.41. The van der Waals surface area contributed by atoms with Gasteiger partial charge in [0.2, 0.25) is 0 Å². The van der Waals surface area contributed by atoms with Crippen LogP contribution in [0.3, 0.4) is 0 Å². The van der Waals surface area contributed by atoms with E-state index in [1.165, 1.54) is 0 Å². The van der Waals surface area contributed by atoms with E-state index in [1.807, 2.05) is 13.0 Å². The standard InChI is InChI=1S/C14H12BClN2O3/c1-8-3-2-4-17-13(8)18-14(19)10-6-11-9(5-12(10)16)7-21-15(11)20/h2-6,20H,7H2,1H3,(H,17,18,19). The van der Waals surface area contributed by atoms with Crippen molar-refractivity contribution in [2.75, 3.05) is 5.32 Å². The van der Waals surface area contributed by atoms with Crippen LogP contribution in [0.15, 0.2) is 30.5 Å². The molecule has 2 aromatic rings.